The minimum absolute atomic E-state index is 0.539. The first-order valence-corrected chi connectivity index (χ1v) is 6.10. The van der Waals surface area contributed by atoms with E-state index in [0.29, 0.717) is 11.4 Å². The maximum Gasteiger partial charge on any atom is 0.259 e. The molecule has 4 N–H and O–H groups in total. The molecule has 0 heterocycles. The smallest absolute Gasteiger partial charge is 0.259 e. The number of rotatable bonds is 3. The minimum Gasteiger partial charge on any atom is -0.398 e. The molecule has 0 radical (unpaired) electrons. The summed E-state index contributed by atoms with van der Waals surface area (Å²) in [5, 5.41) is 0. The van der Waals surface area contributed by atoms with Crippen LogP contribution in [0.4, 0.5) is 11.4 Å². The summed E-state index contributed by atoms with van der Waals surface area (Å²) in [6.07, 6.45) is 0. The van der Waals surface area contributed by atoms with E-state index in [-0.39, 0.29) is 0 Å². The van der Waals surface area contributed by atoms with E-state index in [4.69, 9.17) is 10.3 Å². The van der Waals surface area contributed by atoms with E-state index in [1.54, 1.807) is 18.2 Å². The van der Waals surface area contributed by atoms with Gasteiger partial charge in [0, 0.05) is 11.3 Å². The molecule has 0 amide bonds. The Morgan fingerprint density at radius 2 is 1.76 bits per heavy atom. The summed E-state index contributed by atoms with van der Waals surface area (Å²) in [7, 11) is 0. The summed E-state index contributed by atoms with van der Waals surface area (Å²) in [6, 6.07) is 14.7. The van der Waals surface area contributed by atoms with Gasteiger partial charge in [-0.25, -0.2) is 4.21 Å². The Bertz CT molecular complexity index is 543. The van der Waals surface area contributed by atoms with Crippen LogP contribution in [0, 0.1) is 0 Å². The van der Waals surface area contributed by atoms with Gasteiger partial charge in [-0.2, -0.15) is 0 Å². The van der Waals surface area contributed by atoms with E-state index in [2.05, 4.69) is 4.72 Å². The van der Waals surface area contributed by atoms with Gasteiger partial charge in [0.25, 0.3) is 11.3 Å². The highest BCUT2D eigenvalue weighted by molar-refractivity contribution is 7.80. The zero-order valence-electron chi connectivity index (χ0n) is 8.96. The molecule has 2 rings (SSSR count). The van der Waals surface area contributed by atoms with Gasteiger partial charge >= 0.3 is 0 Å². The van der Waals surface area contributed by atoms with Crippen LogP contribution in [0.5, 0.6) is 0 Å². The van der Waals surface area contributed by atoms with Crippen LogP contribution in [-0.4, -0.2) is 8.76 Å². The quantitative estimate of drug-likeness (QED) is 0.577. The highest BCUT2D eigenvalue weighted by Gasteiger charge is 2.09. The van der Waals surface area contributed by atoms with Gasteiger partial charge in [-0.3, -0.25) is 9.27 Å². The lowest BCUT2D eigenvalue weighted by Gasteiger charge is -2.12. The second kappa shape index (κ2) is 4.99. The Labute approximate surface area is 102 Å². The van der Waals surface area contributed by atoms with Crippen molar-refractivity contribution in [2.75, 3.05) is 10.5 Å². The van der Waals surface area contributed by atoms with Crippen LogP contribution in [0.25, 0.3) is 11.1 Å². The van der Waals surface area contributed by atoms with E-state index < -0.39 is 11.3 Å². The highest BCUT2D eigenvalue weighted by Crippen LogP contribution is 2.33. The van der Waals surface area contributed by atoms with Crippen LogP contribution in [0.15, 0.2) is 48.5 Å². The van der Waals surface area contributed by atoms with E-state index in [1.807, 2.05) is 30.3 Å². The average molecular weight is 248 g/mol. The maximum absolute atomic E-state index is 10.8. The zero-order valence-corrected chi connectivity index (χ0v) is 9.78. The van der Waals surface area contributed by atoms with E-state index >= 15 is 0 Å². The third kappa shape index (κ3) is 2.64. The topological polar surface area (TPSA) is 75.3 Å². The number of nitrogens with two attached hydrogens (primary N) is 1. The van der Waals surface area contributed by atoms with Gasteiger partial charge in [0.05, 0.1) is 5.69 Å². The lowest BCUT2D eigenvalue weighted by atomic mass is 10.0. The van der Waals surface area contributed by atoms with Crippen molar-refractivity contribution >= 4 is 22.6 Å². The number of hydrogen-bond acceptors (Lipinski definition) is 2. The van der Waals surface area contributed by atoms with Crippen molar-refractivity contribution in [2.45, 2.75) is 0 Å². The fraction of sp³-hybridized carbons (Fsp3) is 0. The van der Waals surface area contributed by atoms with Gasteiger partial charge < -0.3 is 5.73 Å². The lowest BCUT2D eigenvalue weighted by Crippen LogP contribution is -2.04. The molecule has 5 heteroatoms. The summed E-state index contributed by atoms with van der Waals surface area (Å²) < 4.78 is 22.2. The van der Waals surface area contributed by atoms with Crippen molar-refractivity contribution in [1.29, 1.82) is 0 Å². The summed E-state index contributed by atoms with van der Waals surface area (Å²) in [5.74, 6) is 0. The van der Waals surface area contributed by atoms with E-state index in [1.165, 1.54) is 0 Å². The first kappa shape index (κ1) is 11.6. The van der Waals surface area contributed by atoms with Crippen molar-refractivity contribution in [1.82, 2.24) is 0 Å². The van der Waals surface area contributed by atoms with E-state index in [9.17, 15) is 4.21 Å². The van der Waals surface area contributed by atoms with Crippen molar-refractivity contribution < 1.29 is 8.76 Å². The summed E-state index contributed by atoms with van der Waals surface area (Å²) in [5.41, 5.74) is 8.64. The van der Waals surface area contributed by atoms with Crippen LogP contribution >= 0.6 is 0 Å². The van der Waals surface area contributed by atoms with Crippen LogP contribution < -0.4 is 10.5 Å². The molecule has 0 aliphatic heterocycles. The van der Waals surface area contributed by atoms with Gasteiger partial charge in [0.2, 0.25) is 0 Å². The Hall–Kier alpha value is -1.85. The molecule has 0 fully saturated rings. The van der Waals surface area contributed by atoms with Crippen LogP contribution in [-0.2, 0) is 11.3 Å². The first-order valence-electron chi connectivity index (χ1n) is 5.00. The highest BCUT2D eigenvalue weighted by atomic mass is 32.2. The molecule has 0 saturated heterocycles. The van der Waals surface area contributed by atoms with Crippen molar-refractivity contribution in [2.24, 2.45) is 0 Å². The predicted octanol–water partition coefficient (Wildman–Crippen LogP) is 2.48. The number of nitrogen functional groups attached to an aromatic ring is 1. The molecule has 0 spiro atoms. The van der Waals surface area contributed by atoms with Crippen LogP contribution in [0.2, 0.25) is 0 Å². The van der Waals surface area contributed by atoms with Gasteiger partial charge in [-0.05, 0) is 17.7 Å². The SMILES string of the molecule is Nc1cccc(NS(=O)O)c1-c1ccccc1. The maximum atomic E-state index is 10.8. The average Bonchev–Trinajstić information content (AvgIpc) is 2.29. The van der Waals surface area contributed by atoms with Gasteiger partial charge in [0.1, 0.15) is 0 Å². The largest absolute Gasteiger partial charge is 0.398 e. The monoisotopic (exact) mass is 248 g/mol. The molecular weight excluding hydrogens is 236 g/mol. The molecule has 88 valence electrons. The van der Waals surface area contributed by atoms with Crippen molar-refractivity contribution in [3.05, 3.63) is 48.5 Å². The molecule has 2 aromatic rings. The van der Waals surface area contributed by atoms with Gasteiger partial charge in [0.15, 0.2) is 0 Å². The number of anilines is 2. The summed E-state index contributed by atoms with van der Waals surface area (Å²) in [6.45, 7) is 0. The molecule has 0 aliphatic carbocycles. The molecule has 4 nitrogen and oxygen atoms in total. The molecule has 17 heavy (non-hydrogen) atoms. The van der Waals surface area contributed by atoms with Crippen molar-refractivity contribution in [3.63, 3.8) is 0 Å². The molecule has 2 aromatic carbocycles. The number of benzene rings is 2. The number of hydrogen-bond donors (Lipinski definition) is 3. The summed E-state index contributed by atoms with van der Waals surface area (Å²) >= 11 is -2.11. The fourth-order valence-corrected chi connectivity index (χ4v) is 2.03. The Kier molecular flexibility index (Phi) is 3.41. The molecule has 1 atom stereocenters. The molecule has 0 bridgehead atoms. The normalized spacial score (nSPS) is 12.1. The fourth-order valence-electron chi connectivity index (χ4n) is 1.68. The van der Waals surface area contributed by atoms with Gasteiger partial charge in [-0.1, -0.05) is 36.4 Å². The standard InChI is InChI=1S/C12H12N2O2S/c13-10-7-4-8-11(14-17(15)16)12(10)9-5-2-1-3-6-9/h1-8,14H,13H2,(H,15,16). The third-order valence-electron chi connectivity index (χ3n) is 2.36. The Balaban J connectivity index is 2.55. The van der Waals surface area contributed by atoms with Crippen molar-refractivity contribution in [3.8, 4) is 11.1 Å². The molecule has 0 saturated carbocycles. The summed E-state index contributed by atoms with van der Waals surface area (Å²) in [4.78, 5) is 0. The Morgan fingerprint density at radius 3 is 2.41 bits per heavy atom. The minimum atomic E-state index is -2.11. The molecule has 0 aliphatic rings. The Morgan fingerprint density at radius 1 is 1.06 bits per heavy atom. The molecule has 1 unspecified atom stereocenters. The molecular formula is C12H12N2O2S. The second-order valence-corrected chi connectivity index (χ2v) is 4.19. The van der Waals surface area contributed by atoms with E-state index in [0.717, 1.165) is 11.1 Å². The van der Waals surface area contributed by atoms with Crippen LogP contribution in [0.1, 0.15) is 0 Å². The second-order valence-electron chi connectivity index (χ2n) is 3.49. The van der Waals surface area contributed by atoms with Gasteiger partial charge in [-0.15, -0.1) is 0 Å². The predicted molar refractivity (Wildman–Crippen MR) is 70.7 cm³/mol. The zero-order chi connectivity index (χ0) is 12.3. The van der Waals surface area contributed by atoms with Crippen LogP contribution in [0.3, 0.4) is 0 Å². The lowest BCUT2D eigenvalue weighted by molar-refractivity contribution is 0.570. The molecule has 0 aromatic heterocycles. The third-order valence-corrected chi connectivity index (χ3v) is 2.75. The first-order chi connectivity index (χ1) is 8.18. The number of nitrogens with one attached hydrogen (secondary N) is 1.